The minimum atomic E-state index is 0.753. The van der Waals surface area contributed by atoms with Crippen LogP contribution in [0.15, 0.2) is 11.4 Å². The first-order valence-electron chi connectivity index (χ1n) is 6.61. The number of hydrogen-bond donors (Lipinski definition) is 1. The molecule has 1 aliphatic rings. The van der Waals surface area contributed by atoms with Gasteiger partial charge in [0.25, 0.3) is 0 Å². The summed E-state index contributed by atoms with van der Waals surface area (Å²) in [4.78, 5) is 4.08. The highest BCUT2D eigenvalue weighted by molar-refractivity contribution is 7.10. The van der Waals surface area contributed by atoms with Gasteiger partial charge in [-0.1, -0.05) is 0 Å². The predicted octanol–water partition coefficient (Wildman–Crippen LogP) is 3.02. The Morgan fingerprint density at radius 3 is 2.59 bits per heavy atom. The lowest BCUT2D eigenvalue weighted by molar-refractivity contribution is 0.171. The fraction of sp³-hybridized carbons (Fsp3) is 0.714. The second-order valence-electron chi connectivity index (χ2n) is 5.24. The quantitative estimate of drug-likeness (QED) is 0.886. The molecule has 0 aliphatic heterocycles. The van der Waals surface area contributed by atoms with Crippen LogP contribution in [0.2, 0.25) is 0 Å². The van der Waals surface area contributed by atoms with Crippen molar-refractivity contribution in [2.45, 2.75) is 51.2 Å². The molecule has 0 bridgehead atoms. The highest BCUT2D eigenvalue weighted by Crippen LogP contribution is 2.25. The summed E-state index contributed by atoms with van der Waals surface area (Å²) in [6.07, 6.45) is 5.34. The van der Waals surface area contributed by atoms with E-state index in [-0.39, 0.29) is 0 Å². The summed E-state index contributed by atoms with van der Waals surface area (Å²) >= 11 is 1.89. The predicted molar refractivity (Wildman–Crippen MR) is 75.6 cm³/mol. The molecule has 3 heteroatoms. The molecule has 17 heavy (non-hydrogen) atoms. The van der Waals surface area contributed by atoms with Crippen LogP contribution >= 0.6 is 11.3 Å². The van der Waals surface area contributed by atoms with Crippen LogP contribution in [0.4, 0.5) is 0 Å². The third-order valence-electron chi connectivity index (χ3n) is 4.09. The van der Waals surface area contributed by atoms with Crippen LogP contribution in [0, 0.1) is 6.92 Å². The van der Waals surface area contributed by atoms with Gasteiger partial charge in [0.1, 0.15) is 0 Å². The zero-order valence-electron chi connectivity index (χ0n) is 11.2. The Hall–Kier alpha value is -0.380. The van der Waals surface area contributed by atoms with Gasteiger partial charge < -0.3 is 5.32 Å². The Labute approximate surface area is 109 Å². The first kappa shape index (κ1) is 13.1. The van der Waals surface area contributed by atoms with Crippen molar-refractivity contribution in [2.75, 3.05) is 14.1 Å². The first-order valence-corrected chi connectivity index (χ1v) is 7.49. The molecule has 1 fully saturated rings. The molecule has 1 saturated carbocycles. The van der Waals surface area contributed by atoms with E-state index in [2.05, 4.69) is 42.7 Å². The van der Waals surface area contributed by atoms with Crippen LogP contribution < -0.4 is 5.32 Å². The molecule has 0 aromatic carbocycles. The lowest BCUT2D eigenvalue weighted by Gasteiger charge is -2.34. The van der Waals surface area contributed by atoms with Crippen molar-refractivity contribution in [1.82, 2.24) is 10.2 Å². The minimum absolute atomic E-state index is 0.753. The van der Waals surface area contributed by atoms with Crippen molar-refractivity contribution >= 4 is 11.3 Å². The maximum atomic E-state index is 3.40. The molecule has 1 aromatic heterocycles. The van der Waals surface area contributed by atoms with Gasteiger partial charge in [0.05, 0.1) is 0 Å². The van der Waals surface area contributed by atoms with Crippen molar-refractivity contribution in [3.8, 4) is 0 Å². The van der Waals surface area contributed by atoms with Crippen molar-refractivity contribution in [3.63, 3.8) is 0 Å². The molecule has 0 saturated heterocycles. The van der Waals surface area contributed by atoms with E-state index in [1.807, 2.05) is 11.3 Å². The molecule has 0 radical (unpaired) electrons. The van der Waals surface area contributed by atoms with Crippen molar-refractivity contribution in [2.24, 2.45) is 0 Å². The summed E-state index contributed by atoms with van der Waals surface area (Å²) in [6.45, 7) is 3.34. The summed E-state index contributed by atoms with van der Waals surface area (Å²) in [5, 5.41) is 5.61. The third kappa shape index (κ3) is 3.30. The van der Waals surface area contributed by atoms with E-state index >= 15 is 0 Å². The van der Waals surface area contributed by atoms with E-state index in [1.165, 1.54) is 36.1 Å². The molecule has 1 N–H and O–H groups in total. The van der Waals surface area contributed by atoms with Crippen molar-refractivity contribution < 1.29 is 0 Å². The second-order valence-corrected chi connectivity index (χ2v) is 6.24. The Morgan fingerprint density at radius 1 is 1.35 bits per heavy atom. The fourth-order valence-electron chi connectivity index (χ4n) is 2.73. The van der Waals surface area contributed by atoms with Gasteiger partial charge in [0, 0.05) is 23.5 Å². The summed E-state index contributed by atoms with van der Waals surface area (Å²) in [7, 11) is 4.37. The van der Waals surface area contributed by atoms with Gasteiger partial charge in [0.2, 0.25) is 0 Å². The van der Waals surface area contributed by atoms with Crippen molar-refractivity contribution in [3.05, 3.63) is 21.9 Å². The SMILES string of the molecule is CNC1CCC(N(C)Cc2sccc2C)CC1. The summed E-state index contributed by atoms with van der Waals surface area (Å²) in [6, 6.07) is 3.76. The zero-order chi connectivity index (χ0) is 12.3. The average Bonchev–Trinajstić information content (AvgIpc) is 2.75. The molecule has 2 rings (SSSR count). The van der Waals surface area contributed by atoms with Crippen LogP contribution in [-0.4, -0.2) is 31.1 Å². The molecule has 1 aromatic rings. The monoisotopic (exact) mass is 252 g/mol. The summed E-state index contributed by atoms with van der Waals surface area (Å²) in [5.41, 5.74) is 1.45. The Kier molecular flexibility index (Phi) is 4.60. The maximum Gasteiger partial charge on any atom is 0.0330 e. The molecule has 0 spiro atoms. The highest BCUT2D eigenvalue weighted by Gasteiger charge is 2.23. The van der Waals surface area contributed by atoms with Gasteiger partial charge in [-0.2, -0.15) is 0 Å². The Bertz CT molecular complexity index is 340. The number of rotatable bonds is 4. The first-order chi connectivity index (χ1) is 8.20. The van der Waals surface area contributed by atoms with Crippen LogP contribution in [0.1, 0.15) is 36.1 Å². The van der Waals surface area contributed by atoms with E-state index in [1.54, 1.807) is 0 Å². The minimum Gasteiger partial charge on any atom is -0.317 e. The second kappa shape index (κ2) is 5.98. The van der Waals surface area contributed by atoms with E-state index in [4.69, 9.17) is 0 Å². The topological polar surface area (TPSA) is 15.3 Å². The number of nitrogens with zero attached hydrogens (tertiary/aromatic N) is 1. The van der Waals surface area contributed by atoms with Gasteiger partial charge in [-0.15, -0.1) is 11.3 Å². The maximum absolute atomic E-state index is 3.40. The van der Waals surface area contributed by atoms with Gasteiger partial charge in [-0.3, -0.25) is 4.90 Å². The Balaban J connectivity index is 1.85. The van der Waals surface area contributed by atoms with E-state index < -0.39 is 0 Å². The molecule has 1 heterocycles. The smallest absolute Gasteiger partial charge is 0.0330 e. The average molecular weight is 252 g/mol. The molecule has 0 atom stereocenters. The lowest BCUT2D eigenvalue weighted by atomic mass is 9.90. The number of hydrogen-bond acceptors (Lipinski definition) is 3. The zero-order valence-corrected chi connectivity index (χ0v) is 12.0. The summed E-state index contributed by atoms with van der Waals surface area (Å²) < 4.78 is 0. The molecule has 0 amide bonds. The van der Waals surface area contributed by atoms with Gasteiger partial charge in [0.15, 0.2) is 0 Å². The van der Waals surface area contributed by atoms with Crippen molar-refractivity contribution in [1.29, 1.82) is 0 Å². The molecular formula is C14H24N2S. The third-order valence-corrected chi connectivity index (χ3v) is 5.10. The van der Waals surface area contributed by atoms with Crippen LogP contribution in [0.3, 0.4) is 0 Å². The van der Waals surface area contributed by atoms with Gasteiger partial charge in [-0.05, 0) is 63.7 Å². The van der Waals surface area contributed by atoms with Crippen LogP contribution in [-0.2, 0) is 6.54 Å². The standard InChI is InChI=1S/C14H24N2S/c1-11-8-9-17-14(11)10-16(3)13-6-4-12(15-2)5-7-13/h8-9,12-13,15H,4-7,10H2,1-3H3. The Morgan fingerprint density at radius 2 is 2.06 bits per heavy atom. The van der Waals surface area contributed by atoms with E-state index in [0.29, 0.717) is 0 Å². The van der Waals surface area contributed by atoms with Crippen LogP contribution in [0.5, 0.6) is 0 Å². The largest absolute Gasteiger partial charge is 0.317 e. The highest BCUT2D eigenvalue weighted by atomic mass is 32.1. The number of thiophene rings is 1. The normalized spacial score (nSPS) is 25.4. The molecular weight excluding hydrogens is 228 g/mol. The lowest BCUT2D eigenvalue weighted by Crippen LogP contribution is -2.39. The summed E-state index contributed by atoms with van der Waals surface area (Å²) in [5.74, 6) is 0. The van der Waals surface area contributed by atoms with Crippen LogP contribution in [0.25, 0.3) is 0 Å². The van der Waals surface area contributed by atoms with Gasteiger partial charge in [-0.25, -0.2) is 0 Å². The number of nitrogens with one attached hydrogen (secondary N) is 1. The van der Waals surface area contributed by atoms with E-state index in [0.717, 1.165) is 18.6 Å². The number of aryl methyl sites for hydroxylation is 1. The molecule has 1 aliphatic carbocycles. The molecule has 2 nitrogen and oxygen atoms in total. The molecule has 96 valence electrons. The van der Waals surface area contributed by atoms with E-state index in [9.17, 15) is 0 Å². The van der Waals surface area contributed by atoms with Gasteiger partial charge >= 0.3 is 0 Å². The molecule has 0 unspecified atom stereocenters. The fourth-order valence-corrected chi connectivity index (χ4v) is 3.70.